The molecular formula is C20H28O5. The predicted molar refractivity (Wildman–Crippen MR) is 93.8 cm³/mol. The number of hydrogen-bond acceptors (Lipinski definition) is 4. The van der Waals surface area contributed by atoms with Gasteiger partial charge in [-0.1, -0.05) is 39.3 Å². The van der Waals surface area contributed by atoms with Gasteiger partial charge in [0.2, 0.25) is 0 Å². The fourth-order valence-corrected chi connectivity index (χ4v) is 3.65. The van der Waals surface area contributed by atoms with Crippen LogP contribution in [0.25, 0.3) is 0 Å². The van der Waals surface area contributed by atoms with E-state index >= 15 is 0 Å². The molecule has 2 aliphatic carbocycles. The molecule has 0 amide bonds. The minimum Gasteiger partial charge on any atom is -0.481 e. The van der Waals surface area contributed by atoms with Gasteiger partial charge in [0, 0.05) is 16.9 Å². The summed E-state index contributed by atoms with van der Waals surface area (Å²) in [6.07, 6.45) is 5.27. The van der Waals surface area contributed by atoms with Crippen molar-refractivity contribution < 1.29 is 24.2 Å². The van der Waals surface area contributed by atoms with Crippen molar-refractivity contribution in [2.24, 2.45) is 23.2 Å². The van der Waals surface area contributed by atoms with Crippen molar-refractivity contribution in [3.8, 4) is 0 Å². The van der Waals surface area contributed by atoms with E-state index in [1.54, 1.807) is 12.2 Å². The van der Waals surface area contributed by atoms with Gasteiger partial charge < -0.3 is 9.84 Å². The molecule has 0 aliphatic heterocycles. The van der Waals surface area contributed by atoms with E-state index in [9.17, 15) is 19.5 Å². The van der Waals surface area contributed by atoms with Crippen LogP contribution >= 0.6 is 0 Å². The summed E-state index contributed by atoms with van der Waals surface area (Å²) in [7, 11) is 0. The van der Waals surface area contributed by atoms with Crippen molar-refractivity contribution in [1.82, 2.24) is 0 Å². The van der Waals surface area contributed by atoms with E-state index in [1.807, 2.05) is 27.7 Å². The molecule has 5 heteroatoms. The molecule has 0 aromatic heterocycles. The van der Waals surface area contributed by atoms with Gasteiger partial charge in [0.05, 0.1) is 11.8 Å². The van der Waals surface area contributed by atoms with Crippen LogP contribution in [0.2, 0.25) is 0 Å². The summed E-state index contributed by atoms with van der Waals surface area (Å²) in [6, 6.07) is 0. The second-order valence-corrected chi connectivity index (χ2v) is 7.59. The van der Waals surface area contributed by atoms with Crippen LogP contribution in [0, 0.1) is 23.2 Å². The minimum atomic E-state index is -1.01. The van der Waals surface area contributed by atoms with Gasteiger partial charge in [0.1, 0.15) is 6.10 Å². The number of ether oxygens (including phenoxy) is 1. The summed E-state index contributed by atoms with van der Waals surface area (Å²) < 4.78 is 5.74. The van der Waals surface area contributed by atoms with E-state index < -0.39 is 17.3 Å². The molecule has 0 saturated heterocycles. The van der Waals surface area contributed by atoms with Crippen LogP contribution in [0.3, 0.4) is 0 Å². The first kappa shape index (κ1) is 19.4. The van der Waals surface area contributed by atoms with E-state index in [-0.39, 0.29) is 29.7 Å². The van der Waals surface area contributed by atoms with E-state index in [2.05, 4.69) is 0 Å². The van der Waals surface area contributed by atoms with Crippen LogP contribution in [-0.2, 0) is 19.1 Å². The van der Waals surface area contributed by atoms with Crippen LogP contribution in [0.1, 0.15) is 53.9 Å². The van der Waals surface area contributed by atoms with Crippen molar-refractivity contribution in [3.05, 3.63) is 23.3 Å². The van der Waals surface area contributed by atoms with Gasteiger partial charge in [-0.25, -0.2) is 0 Å². The molecule has 138 valence electrons. The lowest BCUT2D eigenvalue weighted by Crippen LogP contribution is -2.44. The summed E-state index contributed by atoms with van der Waals surface area (Å²) >= 11 is 0. The molecule has 0 aromatic rings. The number of aliphatic carboxylic acids is 1. The first-order valence-electron chi connectivity index (χ1n) is 9.03. The second kappa shape index (κ2) is 7.14. The maximum atomic E-state index is 12.3. The summed E-state index contributed by atoms with van der Waals surface area (Å²) in [5.74, 6) is -2.43. The monoisotopic (exact) mass is 348 g/mol. The van der Waals surface area contributed by atoms with Crippen LogP contribution in [0.5, 0.6) is 0 Å². The number of allylic oxidation sites excluding steroid dienone is 3. The zero-order valence-electron chi connectivity index (χ0n) is 15.7. The topological polar surface area (TPSA) is 80.7 Å². The van der Waals surface area contributed by atoms with Gasteiger partial charge in [-0.2, -0.15) is 0 Å². The Hall–Kier alpha value is -1.91. The van der Waals surface area contributed by atoms with Crippen LogP contribution in [0.15, 0.2) is 23.3 Å². The molecule has 2 unspecified atom stereocenters. The molecule has 1 N–H and O–H groups in total. The van der Waals surface area contributed by atoms with Gasteiger partial charge in [-0.3, -0.25) is 14.4 Å². The molecular weight excluding hydrogens is 320 g/mol. The lowest BCUT2D eigenvalue weighted by molar-refractivity contribution is -0.159. The number of esters is 1. The second-order valence-electron chi connectivity index (χ2n) is 7.59. The number of carbonyl (C=O) groups excluding carboxylic acids is 2. The molecule has 0 aromatic carbocycles. The highest BCUT2D eigenvalue weighted by Gasteiger charge is 2.46. The van der Waals surface area contributed by atoms with Crippen molar-refractivity contribution in [2.75, 3.05) is 0 Å². The maximum Gasteiger partial charge on any atom is 0.310 e. The zero-order valence-corrected chi connectivity index (χ0v) is 15.7. The Balaban J connectivity index is 2.30. The van der Waals surface area contributed by atoms with E-state index in [1.165, 1.54) is 6.92 Å². The molecule has 5 atom stereocenters. The smallest absolute Gasteiger partial charge is 0.310 e. The predicted octanol–water partition coefficient (Wildman–Crippen LogP) is 3.54. The third-order valence-electron chi connectivity index (χ3n) is 6.06. The van der Waals surface area contributed by atoms with E-state index in [0.717, 1.165) is 12.0 Å². The Morgan fingerprint density at radius 2 is 2.04 bits per heavy atom. The largest absolute Gasteiger partial charge is 0.481 e. The normalized spacial score (nSPS) is 31.3. The number of hydrogen-bond donors (Lipinski definition) is 1. The fourth-order valence-electron chi connectivity index (χ4n) is 3.65. The van der Waals surface area contributed by atoms with Crippen LogP contribution < -0.4 is 0 Å². The molecule has 0 spiro atoms. The van der Waals surface area contributed by atoms with Crippen molar-refractivity contribution >= 4 is 17.7 Å². The van der Waals surface area contributed by atoms with Gasteiger partial charge in [-0.15, -0.1) is 0 Å². The SMILES string of the molecule is CCC(C)C(=O)O[C@H]1CCC2=CC(=O)C(C(C)C(=O)O)=C[C@]2(C)[C@H]1C. The Bertz CT molecular complexity index is 644. The standard InChI is InChI=1S/C20H28O5/c1-6-11(2)19(24)25-17-8-7-14-9-16(21)15(12(3)18(22)23)10-20(14,5)13(17)4/h9-13,17H,6-8H2,1-5H3,(H,22,23)/t11?,12?,13-,17-,20+/m0/s1. The molecule has 1 saturated carbocycles. The fraction of sp³-hybridized carbons (Fsp3) is 0.650. The Morgan fingerprint density at radius 3 is 2.60 bits per heavy atom. The average molecular weight is 348 g/mol. The number of fused-ring (bicyclic) bond motifs is 1. The van der Waals surface area contributed by atoms with Crippen molar-refractivity contribution in [1.29, 1.82) is 0 Å². The maximum absolute atomic E-state index is 12.3. The molecule has 2 rings (SSSR count). The number of ketones is 1. The third-order valence-corrected chi connectivity index (χ3v) is 6.06. The molecule has 5 nitrogen and oxygen atoms in total. The average Bonchev–Trinajstić information content (AvgIpc) is 2.57. The highest BCUT2D eigenvalue weighted by Crippen LogP contribution is 2.50. The lowest BCUT2D eigenvalue weighted by Gasteiger charge is -2.46. The van der Waals surface area contributed by atoms with Crippen LogP contribution in [-0.4, -0.2) is 28.9 Å². The molecule has 25 heavy (non-hydrogen) atoms. The first-order chi connectivity index (χ1) is 11.6. The Labute approximate surface area is 149 Å². The molecule has 0 radical (unpaired) electrons. The van der Waals surface area contributed by atoms with Gasteiger partial charge in [0.25, 0.3) is 0 Å². The van der Waals surface area contributed by atoms with Gasteiger partial charge in [0.15, 0.2) is 5.78 Å². The molecule has 0 heterocycles. The Morgan fingerprint density at radius 1 is 1.40 bits per heavy atom. The summed E-state index contributed by atoms with van der Waals surface area (Å²) in [4.78, 5) is 35.8. The molecule has 0 bridgehead atoms. The molecule has 1 fully saturated rings. The quantitative estimate of drug-likeness (QED) is 0.769. The number of carbonyl (C=O) groups is 3. The lowest BCUT2D eigenvalue weighted by atomic mass is 9.60. The summed E-state index contributed by atoms with van der Waals surface area (Å²) in [5.41, 5.74) is 0.854. The van der Waals surface area contributed by atoms with Gasteiger partial charge >= 0.3 is 11.9 Å². The zero-order chi connectivity index (χ0) is 18.9. The molecule has 2 aliphatic rings. The van der Waals surface area contributed by atoms with E-state index in [4.69, 9.17) is 4.74 Å². The van der Waals surface area contributed by atoms with Crippen LogP contribution in [0.4, 0.5) is 0 Å². The Kier molecular flexibility index (Phi) is 5.55. The van der Waals surface area contributed by atoms with E-state index in [0.29, 0.717) is 18.4 Å². The van der Waals surface area contributed by atoms with Crippen molar-refractivity contribution in [3.63, 3.8) is 0 Å². The summed E-state index contributed by atoms with van der Waals surface area (Å²) in [6.45, 7) is 9.36. The minimum absolute atomic E-state index is 0.0235. The number of carboxylic acids is 1. The van der Waals surface area contributed by atoms with Gasteiger partial charge in [-0.05, 0) is 32.3 Å². The van der Waals surface area contributed by atoms with Crippen molar-refractivity contribution in [2.45, 2.75) is 60.0 Å². The summed E-state index contributed by atoms with van der Waals surface area (Å²) in [5, 5.41) is 9.27. The number of rotatable bonds is 5. The number of carboxylic acid groups (broad SMARTS) is 1. The highest BCUT2D eigenvalue weighted by atomic mass is 16.5. The first-order valence-corrected chi connectivity index (χ1v) is 9.03. The highest BCUT2D eigenvalue weighted by molar-refractivity contribution is 6.08. The third kappa shape index (κ3) is 3.55.